The molecule has 190 valence electrons. The van der Waals surface area contributed by atoms with E-state index in [1.165, 1.54) is 0 Å². The molecule has 3 heterocycles. The minimum Gasteiger partial charge on any atom is -0.507 e. The number of aromatic nitrogens is 3. The van der Waals surface area contributed by atoms with Gasteiger partial charge in [0.15, 0.2) is 11.5 Å². The van der Waals surface area contributed by atoms with Crippen molar-refractivity contribution in [3.05, 3.63) is 89.4 Å². The summed E-state index contributed by atoms with van der Waals surface area (Å²) in [6.07, 6.45) is 4.40. The van der Waals surface area contributed by atoms with Crippen LogP contribution in [-0.2, 0) is 6.54 Å². The third-order valence-electron chi connectivity index (χ3n) is 6.55. The van der Waals surface area contributed by atoms with Gasteiger partial charge in [-0.3, -0.25) is 14.9 Å². The maximum absolute atomic E-state index is 13.7. The molecule has 1 unspecified atom stereocenters. The van der Waals surface area contributed by atoms with Crippen molar-refractivity contribution >= 4 is 5.91 Å². The topological polar surface area (TPSA) is 101 Å². The van der Waals surface area contributed by atoms with E-state index in [-0.39, 0.29) is 11.7 Å². The number of carbonyl (C=O) groups excluding carboxylic acids is 1. The molecule has 8 heteroatoms. The molecule has 37 heavy (non-hydrogen) atoms. The number of nitrogens with zero attached hydrogens (tertiary/aromatic N) is 3. The standard InChI is InChI=1S/C29H30N4O4/c1-18(2)12-14-37-23-11-10-20(15-24(23)36-3)28-25-26(21-8-4-5-9-22(21)34)31-32-27(25)29(35)33(28)17-19-7-6-13-30-16-19/h4-11,13,15-16,18,28,34H,12,14,17H2,1-3H3,(H,31,32). The van der Waals surface area contributed by atoms with Crippen LogP contribution >= 0.6 is 0 Å². The second kappa shape index (κ2) is 10.3. The molecule has 4 aromatic rings. The number of pyridine rings is 1. The van der Waals surface area contributed by atoms with Crippen LogP contribution in [0.15, 0.2) is 67.0 Å². The van der Waals surface area contributed by atoms with Gasteiger partial charge in [-0.1, -0.05) is 38.1 Å². The lowest BCUT2D eigenvalue weighted by Crippen LogP contribution is -2.29. The van der Waals surface area contributed by atoms with E-state index in [9.17, 15) is 9.90 Å². The van der Waals surface area contributed by atoms with Crippen LogP contribution < -0.4 is 9.47 Å². The second-order valence-electron chi connectivity index (χ2n) is 9.52. The number of methoxy groups -OCH3 is 1. The Bertz CT molecular complexity index is 1400. The van der Waals surface area contributed by atoms with Crippen molar-refractivity contribution in [2.45, 2.75) is 32.9 Å². The van der Waals surface area contributed by atoms with Crippen molar-refractivity contribution < 1.29 is 19.4 Å². The van der Waals surface area contributed by atoms with Gasteiger partial charge in [-0.2, -0.15) is 5.10 Å². The van der Waals surface area contributed by atoms with E-state index in [2.05, 4.69) is 29.0 Å². The van der Waals surface area contributed by atoms with Crippen molar-refractivity contribution in [3.63, 3.8) is 0 Å². The number of hydrogen-bond donors (Lipinski definition) is 2. The van der Waals surface area contributed by atoms with Gasteiger partial charge in [0.25, 0.3) is 5.91 Å². The van der Waals surface area contributed by atoms with Crippen LogP contribution in [0.25, 0.3) is 11.3 Å². The molecule has 1 atom stereocenters. The molecule has 0 spiro atoms. The van der Waals surface area contributed by atoms with E-state index in [1.807, 2.05) is 36.4 Å². The minimum absolute atomic E-state index is 0.0974. The lowest BCUT2D eigenvalue weighted by molar-refractivity contribution is 0.0729. The number of aromatic hydroxyl groups is 1. The largest absolute Gasteiger partial charge is 0.507 e. The van der Waals surface area contributed by atoms with E-state index >= 15 is 0 Å². The summed E-state index contributed by atoms with van der Waals surface area (Å²) in [5.74, 6) is 1.71. The maximum Gasteiger partial charge on any atom is 0.273 e. The van der Waals surface area contributed by atoms with Gasteiger partial charge in [0.2, 0.25) is 0 Å². The molecule has 0 saturated heterocycles. The summed E-state index contributed by atoms with van der Waals surface area (Å²) in [4.78, 5) is 19.7. The summed E-state index contributed by atoms with van der Waals surface area (Å²) in [6.45, 7) is 5.26. The molecular weight excluding hydrogens is 468 g/mol. The van der Waals surface area contributed by atoms with E-state index in [1.54, 1.807) is 42.6 Å². The van der Waals surface area contributed by atoms with Gasteiger partial charge in [-0.15, -0.1) is 0 Å². The summed E-state index contributed by atoms with van der Waals surface area (Å²) < 4.78 is 11.7. The Kier molecular flexibility index (Phi) is 6.81. The van der Waals surface area contributed by atoms with Crippen LogP contribution in [0.2, 0.25) is 0 Å². The zero-order valence-corrected chi connectivity index (χ0v) is 21.1. The Balaban J connectivity index is 1.59. The number of H-pyrrole nitrogens is 1. The molecule has 1 amide bonds. The molecule has 2 aromatic heterocycles. The molecule has 2 N–H and O–H groups in total. The lowest BCUT2D eigenvalue weighted by atomic mass is 9.95. The Morgan fingerprint density at radius 3 is 2.68 bits per heavy atom. The summed E-state index contributed by atoms with van der Waals surface area (Å²) in [7, 11) is 1.61. The average Bonchev–Trinajstić information content (AvgIpc) is 3.44. The first-order valence-electron chi connectivity index (χ1n) is 12.3. The predicted octanol–water partition coefficient (Wildman–Crippen LogP) is 5.36. The number of amides is 1. The normalized spacial score (nSPS) is 14.8. The van der Waals surface area contributed by atoms with E-state index in [0.29, 0.717) is 53.1 Å². The number of aromatic amines is 1. The quantitative estimate of drug-likeness (QED) is 0.322. The van der Waals surface area contributed by atoms with Crippen LogP contribution in [0.5, 0.6) is 17.2 Å². The highest BCUT2D eigenvalue weighted by atomic mass is 16.5. The number of fused-ring (bicyclic) bond motifs is 1. The van der Waals surface area contributed by atoms with E-state index in [0.717, 1.165) is 17.5 Å². The van der Waals surface area contributed by atoms with Crippen molar-refractivity contribution in [3.8, 4) is 28.5 Å². The number of rotatable bonds is 9. The van der Waals surface area contributed by atoms with Crippen molar-refractivity contribution in [2.24, 2.45) is 5.92 Å². The SMILES string of the molecule is COc1cc(C2c3c(-c4ccccc4O)n[nH]c3C(=O)N2Cc2cccnc2)ccc1OCCC(C)C. The van der Waals surface area contributed by atoms with Gasteiger partial charge >= 0.3 is 0 Å². The number of para-hydroxylation sites is 1. The smallest absolute Gasteiger partial charge is 0.273 e. The first-order chi connectivity index (χ1) is 18.0. The molecule has 5 rings (SSSR count). The number of carbonyl (C=O) groups is 1. The highest BCUT2D eigenvalue weighted by Crippen LogP contribution is 2.46. The molecule has 0 radical (unpaired) electrons. The van der Waals surface area contributed by atoms with Crippen LogP contribution in [0, 0.1) is 5.92 Å². The zero-order valence-electron chi connectivity index (χ0n) is 21.1. The molecule has 0 bridgehead atoms. The minimum atomic E-state index is -0.463. The number of hydrogen-bond acceptors (Lipinski definition) is 6. The van der Waals surface area contributed by atoms with Crippen molar-refractivity contribution in [1.29, 1.82) is 0 Å². The number of benzene rings is 2. The second-order valence-corrected chi connectivity index (χ2v) is 9.52. The van der Waals surface area contributed by atoms with Crippen molar-refractivity contribution in [2.75, 3.05) is 13.7 Å². The van der Waals surface area contributed by atoms with Crippen molar-refractivity contribution in [1.82, 2.24) is 20.1 Å². The van der Waals surface area contributed by atoms with Gasteiger partial charge in [-0.25, -0.2) is 0 Å². The predicted molar refractivity (Wildman–Crippen MR) is 140 cm³/mol. The zero-order chi connectivity index (χ0) is 25.9. The lowest BCUT2D eigenvalue weighted by Gasteiger charge is -2.27. The highest BCUT2D eigenvalue weighted by Gasteiger charge is 2.42. The first kappa shape index (κ1) is 24.4. The third-order valence-corrected chi connectivity index (χ3v) is 6.55. The van der Waals surface area contributed by atoms with Gasteiger partial charge < -0.3 is 19.5 Å². The Labute approximate surface area is 215 Å². The van der Waals surface area contributed by atoms with Crippen LogP contribution in [0.1, 0.15) is 53.5 Å². The Morgan fingerprint density at radius 1 is 1.11 bits per heavy atom. The molecular formula is C29H30N4O4. The fourth-order valence-corrected chi connectivity index (χ4v) is 4.65. The molecule has 8 nitrogen and oxygen atoms in total. The van der Waals surface area contributed by atoms with E-state index < -0.39 is 6.04 Å². The van der Waals surface area contributed by atoms with Gasteiger partial charge in [0.05, 0.1) is 19.8 Å². The molecule has 2 aromatic carbocycles. The average molecular weight is 499 g/mol. The highest BCUT2D eigenvalue weighted by molar-refractivity contribution is 6.00. The van der Waals surface area contributed by atoms with Gasteiger partial charge in [0.1, 0.15) is 17.1 Å². The molecule has 1 aliphatic heterocycles. The summed E-state index contributed by atoms with van der Waals surface area (Å²) in [5, 5.41) is 18.0. The fraction of sp³-hybridized carbons (Fsp3) is 0.276. The van der Waals surface area contributed by atoms with Crippen LogP contribution in [0.3, 0.4) is 0 Å². The number of ether oxygens (including phenoxy) is 2. The molecule has 0 fully saturated rings. The van der Waals surface area contributed by atoms with E-state index in [4.69, 9.17) is 9.47 Å². The first-order valence-corrected chi connectivity index (χ1v) is 12.3. The third kappa shape index (κ3) is 4.74. The van der Waals surface area contributed by atoms with Crippen LogP contribution in [0.4, 0.5) is 0 Å². The van der Waals surface area contributed by atoms with Gasteiger partial charge in [0, 0.05) is 30.1 Å². The Hall–Kier alpha value is -4.33. The maximum atomic E-state index is 13.7. The fourth-order valence-electron chi connectivity index (χ4n) is 4.65. The molecule has 0 saturated carbocycles. The number of nitrogens with one attached hydrogen (secondary N) is 1. The summed E-state index contributed by atoms with van der Waals surface area (Å²) >= 11 is 0. The molecule has 1 aliphatic rings. The number of phenolic OH excluding ortho intramolecular Hbond substituents is 1. The molecule has 0 aliphatic carbocycles. The Morgan fingerprint density at radius 2 is 1.95 bits per heavy atom. The monoisotopic (exact) mass is 498 g/mol. The van der Waals surface area contributed by atoms with Gasteiger partial charge in [-0.05, 0) is 53.8 Å². The van der Waals surface area contributed by atoms with Crippen LogP contribution in [-0.4, -0.2) is 44.8 Å². The summed E-state index contributed by atoms with van der Waals surface area (Å²) in [6, 6.07) is 16.1. The summed E-state index contributed by atoms with van der Waals surface area (Å²) in [5.41, 5.74) is 3.97. The number of phenols is 1.